The fourth-order valence-corrected chi connectivity index (χ4v) is 2.76. The second-order valence-corrected chi connectivity index (χ2v) is 6.05. The van der Waals surface area contributed by atoms with Crippen LogP contribution in [0.1, 0.15) is 5.56 Å². The third-order valence-electron chi connectivity index (χ3n) is 3.70. The number of halogens is 1. The SMILES string of the molecule is [C-]#[N+]c1cc(C)c(Oc2cc(N(C)C)c3ncn(C)c3c2)c(Cl)n1. The van der Waals surface area contributed by atoms with Gasteiger partial charge >= 0.3 is 0 Å². The first kappa shape index (κ1) is 16.1. The van der Waals surface area contributed by atoms with Crippen LogP contribution < -0.4 is 9.64 Å². The smallest absolute Gasteiger partial charge is 0.271 e. The molecule has 0 radical (unpaired) electrons. The molecule has 1 aromatic carbocycles. The van der Waals surface area contributed by atoms with E-state index in [9.17, 15) is 0 Å². The molecule has 0 fully saturated rings. The van der Waals surface area contributed by atoms with Gasteiger partial charge in [0.1, 0.15) is 11.3 Å². The molecular formula is C17H16ClN5O. The molecule has 3 aromatic rings. The van der Waals surface area contributed by atoms with E-state index < -0.39 is 0 Å². The van der Waals surface area contributed by atoms with Gasteiger partial charge in [-0.3, -0.25) is 0 Å². The first-order valence-electron chi connectivity index (χ1n) is 7.25. The highest BCUT2D eigenvalue weighted by Crippen LogP contribution is 2.37. The quantitative estimate of drug-likeness (QED) is 0.525. The van der Waals surface area contributed by atoms with Gasteiger partial charge in [0.25, 0.3) is 11.0 Å². The van der Waals surface area contributed by atoms with Crippen LogP contribution in [-0.2, 0) is 7.05 Å². The summed E-state index contributed by atoms with van der Waals surface area (Å²) >= 11 is 6.19. The Hall–Kier alpha value is -2.78. The molecule has 0 aliphatic heterocycles. The lowest BCUT2D eigenvalue weighted by Gasteiger charge is -2.16. The van der Waals surface area contributed by atoms with Gasteiger partial charge in [-0.25, -0.2) is 4.98 Å². The van der Waals surface area contributed by atoms with Crippen molar-refractivity contribution in [1.82, 2.24) is 14.5 Å². The van der Waals surface area contributed by atoms with E-state index in [2.05, 4.69) is 14.8 Å². The predicted octanol–water partition coefficient (Wildman–Crippen LogP) is 4.34. The Labute approximate surface area is 145 Å². The Morgan fingerprint density at radius 2 is 2.04 bits per heavy atom. The number of aromatic nitrogens is 3. The molecule has 7 heteroatoms. The Kier molecular flexibility index (Phi) is 4.04. The van der Waals surface area contributed by atoms with E-state index in [-0.39, 0.29) is 11.0 Å². The molecule has 0 spiro atoms. The van der Waals surface area contributed by atoms with E-state index in [0.717, 1.165) is 22.3 Å². The number of ether oxygens (including phenoxy) is 1. The fourth-order valence-electron chi connectivity index (χ4n) is 2.49. The summed E-state index contributed by atoms with van der Waals surface area (Å²) in [6.07, 6.45) is 1.77. The van der Waals surface area contributed by atoms with Crippen molar-refractivity contribution in [1.29, 1.82) is 0 Å². The number of pyridine rings is 1. The first-order valence-corrected chi connectivity index (χ1v) is 7.63. The number of hydrogen-bond acceptors (Lipinski definition) is 4. The summed E-state index contributed by atoms with van der Waals surface area (Å²) in [7, 11) is 5.85. The van der Waals surface area contributed by atoms with Gasteiger partial charge in [-0.1, -0.05) is 6.57 Å². The van der Waals surface area contributed by atoms with Crippen LogP contribution in [0.2, 0.25) is 5.15 Å². The molecule has 2 heterocycles. The van der Waals surface area contributed by atoms with Crippen molar-refractivity contribution in [3.05, 3.63) is 46.7 Å². The van der Waals surface area contributed by atoms with Crippen molar-refractivity contribution >= 4 is 34.1 Å². The zero-order chi connectivity index (χ0) is 17.4. The summed E-state index contributed by atoms with van der Waals surface area (Å²) in [4.78, 5) is 13.8. The summed E-state index contributed by atoms with van der Waals surface area (Å²) < 4.78 is 7.93. The van der Waals surface area contributed by atoms with Crippen molar-refractivity contribution in [2.24, 2.45) is 7.05 Å². The lowest BCUT2D eigenvalue weighted by molar-refractivity contribution is 0.477. The van der Waals surface area contributed by atoms with Gasteiger partial charge in [0.15, 0.2) is 5.75 Å². The molecule has 0 aliphatic carbocycles. The molecule has 122 valence electrons. The van der Waals surface area contributed by atoms with Crippen LogP contribution in [0.25, 0.3) is 15.9 Å². The summed E-state index contributed by atoms with van der Waals surface area (Å²) in [5.41, 5.74) is 3.56. The van der Waals surface area contributed by atoms with Crippen LogP contribution in [-0.4, -0.2) is 28.6 Å². The van der Waals surface area contributed by atoms with E-state index >= 15 is 0 Å². The molecule has 0 bridgehead atoms. The average molecular weight is 342 g/mol. The number of hydrogen-bond donors (Lipinski definition) is 0. The Morgan fingerprint density at radius 3 is 2.67 bits per heavy atom. The number of nitrogens with zero attached hydrogens (tertiary/aromatic N) is 5. The minimum absolute atomic E-state index is 0.178. The molecule has 0 saturated heterocycles. The summed E-state index contributed by atoms with van der Waals surface area (Å²) in [5, 5.41) is 0.178. The van der Waals surface area contributed by atoms with Gasteiger partial charge in [0, 0.05) is 33.3 Å². The van der Waals surface area contributed by atoms with E-state index in [1.807, 2.05) is 49.7 Å². The average Bonchev–Trinajstić information content (AvgIpc) is 2.91. The van der Waals surface area contributed by atoms with Crippen LogP contribution in [0, 0.1) is 13.5 Å². The summed E-state index contributed by atoms with van der Waals surface area (Å²) in [6, 6.07) is 5.48. The van der Waals surface area contributed by atoms with Gasteiger partial charge in [-0.15, -0.1) is 4.98 Å². The van der Waals surface area contributed by atoms with E-state index in [0.29, 0.717) is 11.5 Å². The van der Waals surface area contributed by atoms with Crippen LogP contribution in [0.4, 0.5) is 11.5 Å². The Bertz CT molecular complexity index is 948. The van der Waals surface area contributed by atoms with E-state index in [1.54, 1.807) is 12.4 Å². The third-order valence-corrected chi connectivity index (χ3v) is 3.96. The van der Waals surface area contributed by atoms with Crippen LogP contribution in [0.3, 0.4) is 0 Å². The zero-order valence-corrected chi connectivity index (χ0v) is 14.6. The second kappa shape index (κ2) is 6.02. The van der Waals surface area contributed by atoms with Crippen molar-refractivity contribution < 1.29 is 4.74 Å². The molecule has 3 rings (SSSR count). The lowest BCUT2D eigenvalue weighted by atomic mass is 10.2. The van der Waals surface area contributed by atoms with Crippen molar-refractivity contribution in [3.63, 3.8) is 0 Å². The topological polar surface area (TPSA) is 47.5 Å². The molecule has 0 atom stereocenters. The zero-order valence-electron chi connectivity index (χ0n) is 13.8. The maximum atomic E-state index is 7.05. The minimum atomic E-state index is 0.178. The highest BCUT2D eigenvalue weighted by atomic mass is 35.5. The highest BCUT2D eigenvalue weighted by Gasteiger charge is 2.16. The molecule has 2 aromatic heterocycles. The molecule has 24 heavy (non-hydrogen) atoms. The maximum Gasteiger partial charge on any atom is 0.271 e. The van der Waals surface area contributed by atoms with Gasteiger partial charge < -0.3 is 19.0 Å². The fraction of sp³-hybridized carbons (Fsp3) is 0.235. The molecular weight excluding hydrogens is 326 g/mol. The van der Waals surface area contributed by atoms with Crippen LogP contribution in [0.15, 0.2) is 24.5 Å². The second-order valence-electron chi connectivity index (χ2n) is 5.69. The third kappa shape index (κ3) is 2.74. The van der Waals surface area contributed by atoms with Crippen molar-refractivity contribution in [2.75, 3.05) is 19.0 Å². The number of benzene rings is 1. The Morgan fingerprint density at radius 1 is 1.29 bits per heavy atom. The molecule has 0 unspecified atom stereocenters. The largest absolute Gasteiger partial charge is 0.451 e. The number of fused-ring (bicyclic) bond motifs is 1. The molecule has 0 aliphatic rings. The number of imidazole rings is 1. The number of anilines is 1. The molecule has 0 saturated carbocycles. The Balaban J connectivity index is 2.11. The molecule has 0 N–H and O–H groups in total. The summed E-state index contributed by atoms with van der Waals surface area (Å²) in [6.45, 7) is 8.89. The first-order chi connectivity index (χ1) is 11.4. The molecule has 0 amide bonds. The monoisotopic (exact) mass is 341 g/mol. The minimum Gasteiger partial charge on any atom is -0.451 e. The van der Waals surface area contributed by atoms with E-state index in [4.69, 9.17) is 22.9 Å². The van der Waals surface area contributed by atoms with Gasteiger partial charge in [0.05, 0.1) is 17.5 Å². The maximum absolute atomic E-state index is 7.05. The summed E-state index contributed by atoms with van der Waals surface area (Å²) in [5.74, 6) is 1.34. The lowest BCUT2D eigenvalue weighted by Crippen LogP contribution is -2.09. The van der Waals surface area contributed by atoms with Crippen LogP contribution in [0.5, 0.6) is 11.5 Å². The van der Waals surface area contributed by atoms with Gasteiger partial charge in [0.2, 0.25) is 0 Å². The van der Waals surface area contributed by atoms with E-state index in [1.165, 1.54) is 0 Å². The highest BCUT2D eigenvalue weighted by molar-refractivity contribution is 6.31. The van der Waals surface area contributed by atoms with Crippen molar-refractivity contribution in [2.45, 2.75) is 6.92 Å². The normalized spacial score (nSPS) is 10.7. The standard InChI is InChI=1S/C17H16ClN5O/c1-10-6-14(19-2)21-17(18)16(10)24-11-7-12(22(3)4)15-13(8-11)23(5)9-20-15/h6-9H,1,3-5H3. The van der Waals surface area contributed by atoms with Crippen LogP contribution >= 0.6 is 11.6 Å². The molecule has 6 nitrogen and oxygen atoms in total. The van der Waals surface area contributed by atoms with Gasteiger partial charge in [-0.2, -0.15) is 0 Å². The number of aryl methyl sites for hydroxylation is 2. The predicted molar refractivity (Wildman–Crippen MR) is 95.4 cm³/mol. The van der Waals surface area contributed by atoms with Crippen molar-refractivity contribution in [3.8, 4) is 11.5 Å². The number of rotatable bonds is 3. The van der Waals surface area contributed by atoms with Gasteiger partial charge in [-0.05, 0) is 30.2 Å².